The molecule has 1 aliphatic rings. The first-order valence-electron chi connectivity index (χ1n) is 9.23. The van der Waals surface area contributed by atoms with Crippen LogP contribution in [0.15, 0.2) is 72.3 Å². The third-order valence-corrected chi connectivity index (χ3v) is 4.74. The van der Waals surface area contributed by atoms with Gasteiger partial charge in [-0.1, -0.05) is 20.4 Å². The molecule has 5 heteroatoms. The van der Waals surface area contributed by atoms with Gasteiger partial charge < -0.3 is 10.6 Å². The second kappa shape index (κ2) is 8.10. The van der Waals surface area contributed by atoms with E-state index in [1.165, 1.54) is 0 Å². The number of hydrogen-bond acceptors (Lipinski definition) is 5. The van der Waals surface area contributed by atoms with Crippen LogP contribution in [0.3, 0.4) is 0 Å². The number of rotatable bonds is 6. The van der Waals surface area contributed by atoms with Crippen molar-refractivity contribution in [2.45, 2.75) is 33.2 Å². The molecule has 1 aromatic carbocycles. The van der Waals surface area contributed by atoms with E-state index in [0.29, 0.717) is 29.8 Å². The minimum atomic E-state index is -0.101. The summed E-state index contributed by atoms with van der Waals surface area (Å²) in [5.41, 5.74) is 4.48. The fourth-order valence-corrected chi connectivity index (χ4v) is 3.40. The predicted molar refractivity (Wildman–Crippen MR) is 110 cm³/mol. The summed E-state index contributed by atoms with van der Waals surface area (Å²) in [6.07, 6.45) is 4.77. The molecule has 0 unspecified atom stereocenters. The van der Waals surface area contributed by atoms with Crippen molar-refractivity contribution >= 4 is 11.5 Å². The zero-order valence-corrected chi connectivity index (χ0v) is 16.2. The number of carbonyl (C=O) groups excluding carboxylic acids is 1. The van der Waals surface area contributed by atoms with Gasteiger partial charge in [0.2, 0.25) is 0 Å². The van der Waals surface area contributed by atoms with E-state index in [4.69, 9.17) is 5.26 Å². The molecule has 2 aromatic rings. The lowest BCUT2D eigenvalue weighted by atomic mass is 9.75. The van der Waals surface area contributed by atoms with Gasteiger partial charge in [0.25, 0.3) is 0 Å². The largest absolute Gasteiger partial charge is 0.384 e. The smallest absolute Gasteiger partial charge is 0.167 e. The van der Waals surface area contributed by atoms with Crippen LogP contribution in [0, 0.1) is 16.7 Å². The highest BCUT2D eigenvalue weighted by Crippen LogP contribution is 2.38. The van der Waals surface area contributed by atoms with Crippen LogP contribution in [0.5, 0.6) is 0 Å². The molecule has 1 aromatic heterocycles. The molecule has 0 fully saturated rings. The SMILES string of the molecule is C=C(Nc1ccc(C#N)cc1)C1=C(NCc2ccncc2)CC(C)(C)CC1=O. The van der Waals surface area contributed by atoms with Gasteiger partial charge >= 0.3 is 0 Å². The van der Waals surface area contributed by atoms with Crippen molar-refractivity contribution in [1.29, 1.82) is 5.26 Å². The third-order valence-electron chi connectivity index (χ3n) is 4.74. The molecular formula is C23H24N4O. The normalized spacial score (nSPS) is 15.7. The van der Waals surface area contributed by atoms with Crippen LogP contribution in [-0.4, -0.2) is 10.8 Å². The maximum Gasteiger partial charge on any atom is 0.167 e. The molecule has 28 heavy (non-hydrogen) atoms. The summed E-state index contributed by atoms with van der Waals surface area (Å²) in [7, 11) is 0. The van der Waals surface area contributed by atoms with Crippen molar-refractivity contribution in [3.05, 3.63) is 83.5 Å². The Labute approximate surface area is 165 Å². The van der Waals surface area contributed by atoms with Crippen molar-refractivity contribution in [2.24, 2.45) is 5.41 Å². The predicted octanol–water partition coefficient (Wildman–Crippen LogP) is 4.31. The van der Waals surface area contributed by atoms with E-state index >= 15 is 0 Å². The van der Waals surface area contributed by atoms with Crippen LogP contribution in [0.4, 0.5) is 5.69 Å². The Morgan fingerprint density at radius 3 is 2.50 bits per heavy atom. The Hall–Kier alpha value is -3.39. The molecule has 1 heterocycles. The molecule has 0 amide bonds. The van der Waals surface area contributed by atoms with Gasteiger partial charge in [0, 0.05) is 42.4 Å². The molecule has 1 aliphatic carbocycles. The summed E-state index contributed by atoms with van der Waals surface area (Å²) in [5.74, 6) is 0.0830. The van der Waals surface area contributed by atoms with Crippen molar-refractivity contribution < 1.29 is 4.79 Å². The van der Waals surface area contributed by atoms with Crippen LogP contribution >= 0.6 is 0 Å². The maximum absolute atomic E-state index is 12.9. The monoisotopic (exact) mass is 372 g/mol. The standard InChI is InChI=1S/C23H24N4O/c1-16(27-19-6-4-17(14-24)5-7-19)22-20(12-23(2,3)13-21(22)28)26-15-18-8-10-25-11-9-18/h4-11,26-27H,1,12-13,15H2,2-3H3. The van der Waals surface area contributed by atoms with E-state index in [1.54, 1.807) is 24.5 Å². The highest BCUT2D eigenvalue weighted by Gasteiger charge is 2.34. The first kappa shape index (κ1) is 19.4. The van der Waals surface area contributed by atoms with Gasteiger partial charge in [0.15, 0.2) is 5.78 Å². The Morgan fingerprint density at radius 2 is 1.86 bits per heavy atom. The van der Waals surface area contributed by atoms with E-state index in [9.17, 15) is 4.79 Å². The fourth-order valence-electron chi connectivity index (χ4n) is 3.40. The molecule has 0 radical (unpaired) electrons. The van der Waals surface area contributed by atoms with Gasteiger partial charge in [-0.3, -0.25) is 9.78 Å². The zero-order valence-electron chi connectivity index (χ0n) is 16.2. The summed E-state index contributed by atoms with van der Waals surface area (Å²) in [6.45, 7) is 8.94. The third kappa shape index (κ3) is 4.66. The van der Waals surface area contributed by atoms with Crippen molar-refractivity contribution in [3.63, 3.8) is 0 Å². The van der Waals surface area contributed by atoms with Crippen molar-refractivity contribution in [2.75, 3.05) is 5.32 Å². The average Bonchev–Trinajstić information content (AvgIpc) is 2.66. The van der Waals surface area contributed by atoms with Gasteiger partial charge in [-0.15, -0.1) is 0 Å². The number of carbonyl (C=O) groups is 1. The first-order valence-corrected chi connectivity index (χ1v) is 9.23. The lowest BCUT2D eigenvalue weighted by molar-refractivity contribution is -0.117. The minimum Gasteiger partial charge on any atom is -0.384 e. The quantitative estimate of drug-likeness (QED) is 0.790. The molecule has 2 N–H and O–H groups in total. The lowest BCUT2D eigenvalue weighted by Gasteiger charge is -2.33. The number of anilines is 1. The molecule has 3 rings (SSSR count). The molecule has 142 valence electrons. The summed E-state index contributed by atoms with van der Waals surface area (Å²) < 4.78 is 0. The number of ketones is 1. The average molecular weight is 372 g/mol. The Morgan fingerprint density at radius 1 is 1.18 bits per heavy atom. The number of allylic oxidation sites excluding steroid dienone is 2. The second-order valence-electron chi connectivity index (χ2n) is 7.80. The van der Waals surface area contributed by atoms with Crippen LogP contribution < -0.4 is 10.6 Å². The van der Waals surface area contributed by atoms with E-state index in [0.717, 1.165) is 23.4 Å². The van der Waals surface area contributed by atoms with Gasteiger partial charge in [0.05, 0.1) is 17.2 Å². The van der Waals surface area contributed by atoms with Crippen LogP contribution in [0.2, 0.25) is 0 Å². The number of nitrogens with one attached hydrogen (secondary N) is 2. The highest BCUT2D eigenvalue weighted by molar-refractivity contribution is 6.02. The number of nitriles is 1. The molecular weight excluding hydrogens is 348 g/mol. The van der Waals surface area contributed by atoms with Crippen molar-refractivity contribution in [1.82, 2.24) is 10.3 Å². The highest BCUT2D eigenvalue weighted by atomic mass is 16.1. The second-order valence-corrected chi connectivity index (χ2v) is 7.80. The van der Waals surface area contributed by atoms with Crippen LogP contribution in [-0.2, 0) is 11.3 Å². The summed E-state index contributed by atoms with van der Waals surface area (Å²) in [4.78, 5) is 17.0. The molecule has 0 bridgehead atoms. The number of Topliss-reactive ketones (excluding diaryl/α,β-unsaturated/α-hetero) is 1. The zero-order chi connectivity index (χ0) is 20.1. The van der Waals surface area contributed by atoms with E-state index in [2.05, 4.69) is 42.1 Å². The van der Waals surface area contributed by atoms with Crippen LogP contribution in [0.1, 0.15) is 37.8 Å². The van der Waals surface area contributed by atoms with Gasteiger partial charge in [0.1, 0.15) is 0 Å². The van der Waals surface area contributed by atoms with Gasteiger partial charge in [-0.2, -0.15) is 5.26 Å². The fraction of sp³-hybridized carbons (Fsp3) is 0.261. The molecule has 0 spiro atoms. The topological polar surface area (TPSA) is 77.8 Å². The van der Waals surface area contributed by atoms with E-state index in [-0.39, 0.29) is 11.2 Å². The molecule has 0 saturated heterocycles. The Kier molecular flexibility index (Phi) is 5.60. The lowest BCUT2D eigenvalue weighted by Crippen LogP contribution is -2.32. The Bertz CT molecular complexity index is 950. The Balaban J connectivity index is 1.84. The number of nitrogens with zero attached hydrogens (tertiary/aromatic N) is 2. The summed E-state index contributed by atoms with van der Waals surface area (Å²) in [5, 5.41) is 15.6. The number of hydrogen-bond donors (Lipinski definition) is 2. The first-order chi connectivity index (χ1) is 13.4. The minimum absolute atomic E-state index is 0.0830. The molecule has 0 saturated carbocycles. The van der Waals surface area contributed by atoms with E-state index in [1.807, 2.05) is 24.3 Å². The number of pyridine rings is 1. The molecule has 5 nitrogen and oxygen atoms in total. The van der Waals surface area contributed by atoms with Gasteiger partial charge in [-0.25, -0.2) is 0 Å². The number of aromatic nitrogens is 1. The maximum atomic E-state index is 12.9. The van der Waals surface area contributed by atoms with Crippen LogP contribution in [0.25, 0.3) is 0 Å². The number of benzene rings is 1. The van der Waals surface area contributed by atoms with Gasteiger partial charge in [-0.05, 0) is 53.8 Å². The molecule has 0 aliphatic heterocycles. The van der Waals surface area contributed by atoms with E-state index < -0.39 is 0 Å². The summed E-state index contributed by atoms with van der Waals surface area (Å²) in [6, 6.07) is 13.1. The molecule has 0 atom stereocenters. The summed E-state index contributed by atoms with van der Waals surface area (Å²) >= 11 is 0. The van der Waals surface area contributed by atoms with Crippen molar-refractivity contribution in [3.8, 4) is 6.07 Å².